The number of hydrogen-bond acceptors (Lipinski definition) is 4. The van der Waals surface area contributed by atoms with E-state index in [0.29, 0.717) is 11.1 Å². The summed E-state index contributed by atoms with van der Waals surface area (Å²) in [5.74, 6) is -4.38. The van der Waals surface area contributed by atoms with Crippen molar-refractivity contribution in [2.24, 2.45) is 4.99 Å². The number of isothiocyanates is 1. The van der Waals surface area contributed by atoms with Gasteiger partial charge in [-0.1, -0.05) is 6.07 Å². The summed E-state index contributed by atoms with van der Waals surface area (Å²) in [5, 5.41) is 1.84. The van der Waals surface area contributed by atoms with Gasteiger partial charge >= 0.3 is 5.97 Å². The molecule has 0 saturated heterocycles. The van der Waals surface area contributed by atoms with Crippen LogP contribution in [0.15, 0.2) is 29.3 Å². The van der Waals surface area contributed by atoms with Crippen LogP contribution in [0.2, 0.25) is 0 Å². The molecule has 2 aromatic carbocycles. The van der Waals surface area contributed by atoms with E-state index in [9.17, 15) is 18.0 Å². The van der Waals surface area contributed by atoms with E-state index in [4.69, 9.17) is 4.74 Å². The fourth-order valence-electron chi connectivity index (χ4n) is 2.09. The van der Waals surface area contributed by atoms with Crippen molar-refractivity contribution >= 4 is 29.0 Å². The molecule has 7 heteroatoms. The molecule has 0 aliphatic rings. The first kappa shape index (κ1) is 16.9. The van der Waals surface area contributed by atoms with E-state index in [2.05, 4.69) is 17.2 Å². The van der Waals surface area contributed by atoms with Crippen molar-refractivity contribution < 1.29 is 22.7 Å². The lowest BCUT2D eigenvalue weighted by Gasteiger charge is -2.09. The first-order valence-electron chi connectivity index (χ1n) is 6.39. The number of halogens is 3. The number of aryl methyl sites for hydroxylation is 2. The monoisotopic (exact) mass is 337 g/mol. The van der Waals surface area contributed by atoms with Gasteiger partial charge in [-0.2, -0.15) is 4.99 Å². The molecule has 0 unspecified atom stereocenters. The van der Waals surface area contributed by atoms with Gasteiger partial charge < -0.3 is 4.74 Å². The standard InChI is InChI=1S/C16H10F3NO2S/c1-8-3-9(2)14(11(17)4-8)16(21)22-10-5-12(18)15(20-7-23)13(19)6-10/h3-6H,1-2H3. The summed E-state index contributed by atoms with van der Waals surface area (Å²) in [6, 6.07) is 4.28. The molecule has 2 aromatic rings. The van der Waals surface area contributed by atoms with Crippen molar-refractivity contribution in [2.45, 2.75) is 13.8 Å². The predicted molar refractivity (Wildman–Crippen MR) is 81.9 cm³/mol. The molecule has 0 aromatic heterocycles. The minimum absolute atomic E-state index is 0.294. The van der Waals surface area contributed by atoms with E-state index in [1.807, 2.05) is 5.16 Å². The van der Waals surface area contributed by atoms with E-state index in [-0.39, 0.29) is 5.56 Å². The zero-order valence-corrected chi connectivity index (χ0v) is 12.9. The molecular formula is C16H10F3NO2S. The number of esters is 1. The molecule has 3 nitrogen and oxygen atoms in total. The summed E-state index contributed by atoms with van der Waals surface area (Å²) < 4.78 is 46.1. The van der Waals surface area contributed by atoms with Crippen LogP contribution in [0.25, 0.3) is 0 Å². The number of thiocarbonyl (C=S) groups is 1. The van der Waals surface area contributed by atoms with E-state index >= 15 is 0 Å². The van der Waals surface area contributed by atoms with Crippen LogP contribution >= 0.6 is 12.2 Å². The lowest BCUT2D eigenvalue weighted by Crippen LogP contribution is -2.13. The number of ether oxygens (including phenoxy) is 1. The molecule has 23 heavy (non-hydrogen) atoms. The van der Waals surface area contributed by atoms with E-state index in [1.165, 1.54) is 13.0 Å². The van der Waals surface area contributed by atoms with Crippen LogP contribution in [0.1, 0.15) is 21.5 Å². The van der Waals surface area contributed by atoms with Crippen LogP contribution < -0.4 is 4.74 Å². The Morgan fingerprint density at radius 1 is 1.09 bits per heavy atom. The lowest BCUT2D eigenvalue weighted by molar-refractivity contribution is 0.0728. The molecule has 0 aliphatic heterocycles. The Balaban J connectivity index is 2.37. The fourth-order valence-corrected chi connectivity index (χ4v) is 2.18. The molecule has 0 aliphatic carbocycles. The number of carbonyl (C=O) groups is 1. The predicted octanol–water partition coefficient (Wildman–Crippen LogP) is 4.67. The van der Waals surface area contributed by atoms with Gasteiger partial charge in [0.15, 0.2) is 11.6 Å². The molecule has 0 radical (unpaired) electrons. The second-order valence-electron chi connectivity index (χ2n) is 4.77. The van der Waals surface area contributed by atoms with Crippen molar-refractivity contribution in [3.63, 3.8) is 0 Å². The van der Waals surface area contributed by atoms with Gasteiger partial charge in [0.1, 0.15) is 17.3 Å². The minimum atomic E-state index is -1.08. The maximum absolute atomic E-state index is 13.9. The van der Waals surface area contributed by atoms with Gasteiger partial charge in [0.2, 0.25) is 0 Å². The Bertz CT molecular complexity index is 799. The van der Waals surface area contributed by atoms with Crippen LogP contribution in [-0.2, 0) is 0 Å². The average molecular weight is 337 g/mol. The molecule has 0 atom stereocenters. The smallest absolute Gasteiger partial charge is 0.346 e. The zero-order chi connectivity index (χ0) is 17.1. The van der Waals surface area contributed by atoms with Crippen molar-refractivity contribution in [1.82, 2.24) is 0 Å². The SMILES string of the molecule is Cc1cc(C)c(C(=O)Oc2cc(F)c(N=C=S)c(F)c2)c(F)c1. The van der Waals surface area contributed by atoms with Crippen molar-refractivity contribution in [3.05, 3.63) is 58.4 Å². The third kappa shape index (κ3) is 3.64. The molecule has 0 bridgehead atoms. The molecule has 2 rings (SSSR count). The van der Waals surface area contributed by atoms with Crippen LogP contribution in [-0.4, -0.2) is 11.1 Å². The minimum Gasteiger partial charge on any atom is -0.423 e. The third-order valence-corrected chi connectivity index (χ3v) is 3.09. The van der Waals surface area contributed by atoms with Gasteiger partial charge in [-0.25, -0.2) is 18.0 Å². The van der Waals surface area contributed by atoms with Crippen LogP contribution in [0, 0.1) is 31.3 Å². The molecule has 0 N–H and O–H groups in total. The summed E-state index contributed by atoms with van der Waals surface area (Å²) in [4.78, 5) is 15.3. The van der Waals surface area contributed by atoms with Gasteiger partial charge in [-0.15, -0.1) is 0 Å². The molecule has 0 spiro atoms. The second-order valence-corrected chi connectivity index (χ2v) is 4.95. The molecule has 118 valence electrons. The topological polar surface area (TPSA) is 38.7 Å². The summed E-state index contributed by atoms with van der Waals surface area (Å²) in [5.41, 5.74) is 0.0568. The molecular weight excluding hydrogens is 327 g/mol. The normalized spacial score (nSPS) is 10.1. The summed E-state index contributed by atoms with van der Waals surface area (Å²) in [7, 11) is 0. The summed E-state index contributed by atoms with van der Waals surface area (Å²) in [6.45, 7) is 3.20. The van der Waals surface area contributed by atoms with Gasteiger partial charge in [0, 0.05) is 12.1 Å². The Morgan fingerprint density at radius 3 is 2.22 bits per heavy atom. The summed E-state index contributed by atoms with van der Waals surface area (Å²) >= 11 is 4.28. The first-order chi connectivity index (χ1) is 10.8. The van der Waals surface area contributed by atoms with Crippen LogP contribution in [0.3, 0.4) is 0 Å². The largest absolute Gasteiger partial charge is 0.423 e. The highest BCUT2D eigenvalue weighted by molar-refractivity contribution is 7.78. The number of hydrogen-bond donors (Lipinski definition) is 0. The molecule has 0 heterocycles. The van der Waals surface area contributed by atoms with Crippen molar-refractivity contribution in [2.75, 3.05) is 0 Å². The Labute approximate surface area is 135 Å². The molecule has 0 saturated carbocycles. The number of rotatable bonds is 3. The van der Waals surface area contributed by atoms with Crippen LogP contribution in [0.4, 0.5) is 18.9 Å². The Morgan fingerprint density at radius 2 is 1.70 bits per heavy atom. The highest BCUT2D eigenvalue weighted by Crippen LogP contribution is 2.28. The highest BCUT2D eigenvalue weighted by Gasteiger charge is 2.19. The van der Waals surface area contributed by atoms with E-state index < -0.39 is 34.9 Å². The maximum Gasteiger partial charge on any atom is 0.346 e. The molecule has 0 amide bonds. The van der Waals surface area contributed by atoms with Crippen LogP contribution in [0.5, 0.6) is 5.75 Å². The second kappa shape index (κ2) is 6.73. The van der Waals surface area contributed by atoms with Gasteiger partial charge in [-0.3, -0.25) is 0 Å². The average Bonchev–Trinajstić information content (AvgIpc) is 2.41. The van der Waals surface area contributed by atoms with Crippen molar-refractivity contribution in [1.29, 1.82) is 0 Å². The quantitative estimate of drug-likeness (QED) is 0.353. The third-order valence-electron chi connectivity index (χ3n) is 2.99. The maximum atomic E-state index is 13.9. The van der Waals surface area contributed by atoms with Gasteiger partial charge in [-0.05, 0) is 43.3 Å². The lowest BCUT2D eigenvalue weighted by atomic mass is 10.1. The molecule has 0 fully saturated rings. The number of benzene rings is 2. The number of nitrogens with zero attached hydrogens (tertiary/aromatic N) is 1. The highest BCUT2D eigenvalue weighted by atomic mass is 32.1. The summed E-state index contributed by atoms with van der Waals surface area (Å²) in [6.07, 6.45) is 0. The number of aliphatic imine (C=N–C) groups is 1. The van der Waals surface area contributed by atoms with E-state index in [1.54, 1.807) is 13.0 Å². The first-order valence-corrected chi connectivity index (χ1v) is 6.80. The number of carbonyl (C=O) groups excluding carboxylic acids is 1. The van der Waals surface area contributed by atoms with Crippen molar-refractivity contribution in [3.8, 4) is 5.75 Å². The zero-order valence-electron chi connectivity index (χ0n) is 12.1. The van der Waals surface area contributed by atoms with Gasteiger partial charge in [0.25, 0.3) is 0 Å². The Hall–Kier alpha value is -2.50. The fraction of sp³-hybridized carbons (Fsp3) is 0.125. The van der Waals surface area contributed by atoms with E-state index in [0.717, 1.165) is 12.1 Å². The van der Waals surface area contributed by atoms with Gasteiger partial charge in [0.05, 0.1) is 10.7 Å². The Kier molecular flexibility index (Phi) is 4.93.